The van der Waals surface area contributed by atoms with Crippen molar-refractivity contribution in [1.82, 2.24) is 8.75 Å². The molecule has 0 spiro atoms. The lowest BCUT2D eigenvalue weighted by Crippen LogP contribution is -1.87. The molecule has 156 valence electrons. The van der Waals surface area contributed by atoms with Crippen LogP contribution in [0, 0.1) is 0 Å². The van der Waals surface area contributed by atoms with E-state index in [9.17, 15) is 0 Å². The zero-order chi connectivity index (χ0) is 22.0. The zero-order valence-electron chi connectivity index (χ0n) is 17.8. The van der Waals surface area contributed by atoms with Gasteiger partial charge in [0.15, 0.2) is 0 Å². The molecule has 0 N–H and O–H groups in total. The molecule has 3 heteroatoms. The summed E-state index contributed by atoms with van der Waals surface area (Å²) in [5.41, 5.74) is 11.2. The van der Waals surface area contributed by atoms with E-state index in [4.69, 9.17) is 8.75 Å². The number of benzene rings is 5. The summed E-state index contributed by atoms with van der Waals surface area (Å²) < 4.78 is 9.39. The van der Waals surface area contributed by atoms with Gasteiger partial charge >= 0.3 is 0 Å². The summed E-state index contributed by atoms with van der Waals surface area (Å²) in [4.78, 5) is 0. The van der Waals surface area contributed by atoms with Crippen molar-refractivity contribution in [2.75, 3.05) is 0 Å². The molecule has 0 aliphatic carbocycles. The Hall–Kier alpha value is -4.08. The van der Waals surface area contributed by atoms with E-state index in [1.165, 1.54) is 34.0 Å². The second kappa shape index (κ2) is 8.45. The normalized spacial score (nSPS) is 11.0. The third-order valence-electron chi connectivity index (χ3n) is 5.98. The van der Waals surface area contributed by atoms with Gasteiger partial charge in [-0.3, -0.25) is 0 Å². The Labute approximate surface area is 197 Å². The largest absolute Gasteiger partial charge is 0.172 e. The summed E-state index contributed by atoms with van der Waals surface area (Å²) in [6.45, 7) is 0. The van der Waals surface area contributed by atoms with Gasteiger partial charge in [-0.05, 0) is 45.5 Å². The number of fused-ring (bicyclic) bond motifs is 1. The molecule has 0 atom stereocenters. The van der Waals surface area contributed by atoms with E-state index in [0.29, 0.717) is 0 Å². The van der Waals surface area contributed by atoms with Gasteiger partial charge in [0.05, 0.1) is 11.7 Å². The predicted molar refractivity (Wildman–Crippen MR) is 139 cm³/mol. The summed E-state index contributed by atoms with van der Waals surface area (Å²) >= 11 is 1.27. The molecule has 6 rings (SSSR count). The van der Waals surface area contributed by atoms with Gasteiger partial charge in [-0.1, -0.05) is 109 Å². The quantitative estimate of drug-likeness (QED) is 0.275. The maximum Gasteiger partial charge on any atom is 0.113 e. The number of aromatic nitrogens is 2. The van der Waals surface area contributed by atoms with Gasteiger partial charge in [-0.15, -0.1) is 0 Å². The highest BCUT2D eigenvalue weighted by molar-refractivity contribution is 7.00. The Morgan fingerprint density at radius 3 is 1.21 bits per heavy atom. The third-order valence-corrected chi connectivity index (χ3v) is 6.51. The Kier molecular flexibility index (Phi) is 5.02. The second-order valence-corrected chi connectivity index (χ2v) is 8.54. The first kappa shape index (κ1) is 19.6. The molecule has 0 unspecified atom stereocenters. The van der Waals surface area contributed by atoms with Crippen molar-refractivity contribution < 1.29 is 0 Å². The third kappa shape index (κ3) is 3.73. The Balaban J connectivity index is 1.45. The fourth-order valence-corrected chi connectivity index (χ4v) is 4.90. The van der Waals surface area contributed by atoms with Crippen LogP contribution < -0.4 is 0 Å². The molecular formula is C30H20N2S. The van der Waals surface area contributed by atoms with Crippen molar-refractivity contribution in [2.45, 2.75) is 0 Å². The van der Waals surface area contributed by atoms with Gasteiger partial charge in [0.2, 0.25) is 0 Å². The lowest BCUT2D eigenvalue weighted by atomic mass is 9.94. The summed E-state index contributed by atoms with van der Waals surface area (Å²) in [6.07, 6.45) is 0. The van der Waals surface area contributed by atoms with Gasteiger partial charge in [-0.2, -0.15) is 8.75 Å². The van der Waals surface area contributed by atoms with Crippen molar-refractivity contribution in [3.05, 3.63) is 121 Å². The van der Waals surface area contributed by atoms with Gasteiger partial charge in [-0.25, -0.2) is 0 Å². The molecule has 1 aromatic heterocycles. The summed E-state index contributed by atoms with van der Waals surface area (Å²) in [7, 11) is 0. The Morgan fingerprint density at radius 1 is 0.364 bits per heavy atom. The first-order chi connectivity index (χ1) is 16.4. The minimum Gasteiger partial charge on any atom is -0.172 e. The minimum absolute atomic E-state index is 0.952. The molecule has 33 heavy (non-hydrogen) atoms. The first-order valence-corrected chi connectivity index (χ1v) is 11.7. The van der Waals surface area contributed by atoms with Crippen LogP contribution in [-0.4, -0.2) is 8.75 Å². The van der Waals surface area contributed by atoms with Crippen LogP contribution in [0.3, 0.4) is 0 Å². The molecule has 0 bridgehead atoms. The minimum atomic E-state index is 0.952. The summed E-state index contributed by atoms with van der Waals surface area (Å²) in [5, 5.41) is 0. The van der Waals surface area contributed by atoms with Crippen LogP contribution >= 0.6 is 11.7 Å². The van der Waals surface area contributed by atoms with Gasteiger partial charge in [0, 0.05) is 11.1 Å². The molecule has 0 fully saturated rings. The topological polar surface area (TPSA) is 25.8 Å². The highest BCUT2D eigenvalue weighted by Gasteiger charge is 2.14. The maximum atomic E-state index is 4.69. The van der Waals surface area contributed by atoms with Crippen LogP contribution in [0.1, 0.15) is 0 Å². The fourth-order valence-electron chi connectivity index (χ4n) is 4.33. The molecule has 0 saturated heterocycles. The van der Waals surface area contributed by atoms with Gasteiger partial charge < -0.3 is 0 Å². The van der Waals surface area contributed by atoms with Gasteiger partial charge in [0.1, 0.15) is 11.0 Å². The number of hydrogen-bond donors (Lipinski definition) is 0. The van der Waals surface area contributed by atoms with E-state index < -0.39 is 0 Å². The smallest absolute Gasteiger partial charge is 0.113 e. The van der Waals surface area contributed by atoms with Crippen molar-refractivity contribution >= 4 is 22.8 Å². The van der Waals surface area contributed by atoms with Crippen LogP contribution in [0.5, 0.6) is 0 Å². The van der Waals surface area contributed by atoms with E-state index in [1.807, 2.05) is 12.1 Å². The molecule has 0 amide bonds. The van der Waals surface area contributed by atoms with E-state index in [1.54, 1.807) is 0 Å². The van der Waals surface area contributed by atoms with E-state index in [0.717, 1.165) is 33.3 Å². The van der Waals surface area contributed by atoms with Crippen LogP contribution in [0.25, 0.3) is 55.5 Å². The van der Waals surface area contributed by atoms with E-state index in [2.05, 4.69) is 109 Å². The standard InChI is InChI=1S/C30H20N2S/c1-3-9-21(10-4-1)23-13-7-15-25(19-23)27-17-18-28(30-29(27)31-33-32-30)26-16-8-14-24(20-26)22-11-5-2-6-12-22/h1-20H. The van der Waals surface area contributed by atoms with Crippen LogP contribution in [0.15, 0.2) is 121 Å². The van der Waals surface area contributed by atoms with Crippen molar-refractivity contribution in [2.24, 2.45) is 0 Å². The van der Waals surface area contributed by atoms with E-state index in [-0.39, 0.29) is 0 Å². The molecule has 0 saturated carbocycles. The number of hydrogen-bond acceptors (Lipinski definition) is 3. The highest BCUT2D eigenvalue weighted by atomic mass is 32.1. The predicted octanol–water partition coefficient (Wildman–Crippen LogP) is 8.36. The fraction of sp³-hybridized carbons (Fsp3) is 0. The highest BCUT2D eigenvalue weighted by Crippen LogP contribution is 2.36. The zero-order valence-corrected chi connectivity index (χ0v) is 18.7. The molecular weight excluding hydrogens is 420 g/mol. The Morgan fingerprint density at radius 2 is 0.758 bits per heavy atom. The molecule has 0 aliphatic rings. The SMILES string of the molecule is c1ccc(-c2cccc(-c3ccc(-c4cccc(-c5ccccc5)c4)c4nsnc34)c2)cc1. The van der Waals surface area contributed by atoms with Crippen molar-refractivity contribution in [3.8, 4) is 44.5 Å². The van der Waals surface area contributed by atoms with Crippen molar-refractivity contribution in [3.63, 3.8) is 0 Å². The molecule has 0 radical (unpaired) electrons. The van der Waals surface area contributed by atoms with Crippen molar-refractivity contribution in [1.29, 1.82) is 0 Å². The Bertz CT molecular complexity index is 1440. The average Bonchev–Trinajstić information content (AvgIpc) is 3.39. The maximum absolute atomic E-state index is 4.69. The average molecular weight is 441 g/mol. The first-order valence-electron chi connectivity index (χ1n) is 10.9. The molecule has 6 aromatic rings. The lowest BCUT2D eigenvalue weighted by Gasteiger charge is -2.10. The summed E-state index contributed by atoms with van der Waals surface area (Å²) in [5.74, 6) is 0. The van der Waals surface area contributed by atoms with Crippen LogP contribution in [0.4, 0.5) is 0 Å². The molecule has 2 nitrogen and oxygen atoms in total. The second-order valence-electron chi connectivity index (χ2n) is 8.02. The summed E-state index contributed by atoms with van der Waals surface area (Å²) in [6, 6.07) is 42.6. The molecule has 0 aliphatic heterocycles. The number of rotatable bonds is 4. The molecule has 5 aromatic carbocycles. The van der Waals surface area contributed by atoms with E-state index >= 15 is 0 Å². The lowest BCUT2D eigenvalue weighted by molar-refractivity contribution is 1.56. The monoisotopic (exact) mass is 440 g/mol. The van der Waals surface area contributed by atoms with Crippen LogP contribution in [0.2, 0.25) is 0 Å². The number of nitrogens with zero attached hydrogens (tertiary/aromatic N) is 2. The molecule has 1 heterocycles. The van der Waals surface area contributed by atoms with Gasteiger partial charge in [0.25, 0.3) is 0 Å². The van der Waals surface area contributed by atoms with Crippen LogP contribution in [-0.2, 0) is 0 Å².